The first-order chi connectivity index (χ1) is 7.11. The van der Waals surface area contributed by atoms with Gasteiger partial charge in [-0.2, -0.15) is 0 Å². The van der Waals surface area contributed by atoms with Gasteiger partial charge < -0.3 is 9.47 Å². The predicted octanol–water partition coefficient (Wildman–Crippen LogP) is 2.06. The molecule has 0 radical (unpaired) electrons. The lowest BCUT2D eigenvalue weighted by Crippen LogP contribution is -2.28. The third kappa shape index (κ3) is 6.94. The summed E-state index contributed by atoms with van der Waals surface area (Å²) in [5.74, 6) is -0.881. The van der Waals surface area contributed by atoms with Crippen molar-refractivity contribution in [2.24, 2.45) is 0 Å². The van der Waals surface area contributed by atoms with Crippen molar-refractivity contribution in [3.05, 3.63) is 0 Å². The summed E-state index contributed by atoms with van der Waals surface area (Å²) >= 11 is 0. The number of esters is 2. The fraction of sp³-hybridized carbons (Fsp3) is 0.818. The Hall–Kier alpha value is -1.06. The minimum atomic E-state index is -0.728. The molecule has 0 spiro atoms. The van der Waals surface area contributed by atoms with Crippen molar-refractivity contribution in [1.29, 1.82) is 0 Å². The van der Waals surface area contributed by atoms with Crippen LogP contribution in [0.2, 0.25) is 0 Å². The first-order valence-corrected chi connectivity index (χ1v) is 5.45. The van der Waals surface area contributed by atoms with Gasteiger partial charge in [-0.25, -0.2) is 4.79 Å². The normalized spacial score (nSPS) is 11.9. The van der Waals surface area contributed by atoms with E-state index < -0.39 is 18.0 Å². The molecule has 0 saturated heterocycles. The first kappa shape index (κ1) is 13.9. The number of ether oxygens (including phenoxy) is 2. The van der Waals surface area contributed by atoms with Crippen LogP contribution in [0.25, 0.3) is 0 Å². The SMILES string of the molecule is CCCCC[C@H](OC(C)=O)C(=O)OCC. The predicted molar refractivity (Wildman–Crippen MR) is 56.3 cm³/mol. The molecule has 0 amide bonds. The van der Waals surface area contributed by atoms with Crippen LogP contribution >= 0.6 is 0 Å². The molecular weight excluding hydrogens is 196 g/mol. The summed E-state index contributed by atoms with van der Waals surface area (Å²) in [7, 11) is 0. The van der Waals surface area contributed by atoms with Gasteiger partial charge in [0, 0.05) is 6.92 Å². The Labute approximate surface area is 90.9 Å². The highest BCUT2D eigenvalue weighted by Gasteiger charge is 2.21. The van der Waals surface area contributed by atoms with Gasteiger partial charge in [0.05, 0.1) is 6.61 Å². The molecule has 0 heterocycles. The Morgan fingerprint density at radius 2 is 1.87 bits per heavy atom. The standard InChI is InChI=1S/C11H20O4/c1-4-6-7-8-10(15-9(3)12)11(13)14-5-2/h10H,4-8H2,1-3H3/t10-/m0/s1. The third-order valence-electron chi connectivity index (χ3n) is 1.93. The highest BCUT2D eigenvalue weighted by atomic mass is 16.6. The van der Waals surface area contributed by atoms with Gasteiger partial charge in [0.15, 0.2) is 6.10 Å². The fourth-order valence-corrected chi connectivity index (χ4v) is 1.24. The van der Waals surface area contributed by atoms with E-state index in [2.05, 4.69) is 6.92 Å². The zero-order valence-electron chi connectivity index (χ0n) is 9.75. The van der Waals surface area contributed by atoms with E-state index in [-0.39, 0.29) is 0 Å². The Kier molecular flexibility index (Phi) is 7.68. The number of unbranched alkanes of at least 4 members (excludes halogenated alkanes) is 2. The minimum absolute atomic E-state index is 0.310. The summed E-state index contributed by atoms with van der Waals surface area (Å²) in [6.07, 6.45) is 2.78. The largest absolute Gasteiger partial charge is 0.463 e. The number of hydrogen-bond acceptors (Lipinski definition) is 4. The van der Waals surface area contributed by atoms with Crippen LogP contribution in [-0.2, 0) is 19.1 Å². The van der Waals surface area contributed by atoms with Crippen LogP contribution in [0.1, 0.15) is 46.5 Å². The van der Waals surface area contributed by atoms with E-state index in [1.165, 1.54) is 6.92 Å². The number of carbonyl (C=O) groups is 2. The quantitative estimate of drug-likeness (QED) is 0.483. The monoisotopic (exact) mass is 216 g/mol. The van der Waals surface area contributed by atoms with Crippen LogP contribution in [0.15, 0.2) is 0 Å². The van der Waals surface area contributed by atoms with Gasteiger partial charge in [0.1, 0.15) is 0 Å². The second kappa shape index (κ2) is 8.26. The molecule has 0 N–H and O–H groups in total. The van der Waals surface area contributed by atoms with Gasteiger partial charge in [-0.05, 0) is 19.8 Å². The lowest BCUT2D eigenvalue weighted by atomic mass is 10.1. The Balaban J connectivity index is 4.05. The highest BCUT2D eigenvalue weighted by Crippen LogP contribution is 2.09. The molecule has 0 aromatic rings. The molecule has 15 heavy (non-hydrogen) atoms. The molecule has 0 saturated carbocycles. The van der Waals surface area contributed by atoms with E-state index in [9.17, 15) is 9.59 Å². The molecule has 0 aliphatic rings. The van der Waals surface area contributed by atoms with Crippen LogP contribution in [0.4, 0.5) is 0 Å². The maximum absolute atomic E-state index is 11.4. The van der Waals surface area contributed by atoms with Crippen molar-refractivity contribution in [2.75, 3.05) is 6.61 Å². The molecule has 4 heteroatoms. The van der Waals surface area contributed by atoms with Crippen LogP contribution in [0.3, 0.4) is 0 Å². The van der Waals surface area contributed by atoms with E-state index in [1.54, 1.807) is 6.92 Å². The van der Waals surface area contributed by atoms with E-state index in [4.69, 9.17) is 9.47 Å². The highest BCUT2D eigenvalue weighted by molar-refractivity contribution is 5.78. The second-order valence-corrected chi connectivity index (χ2v) is 3.35. The lowest BCUT2D eigenvalue weighted by molar-refractivity contribution is -0.166. The summed E-state index contributed by atoms with van der Waals surface area (Å²) < 4.78 is 9.72. The van der Waals surface area contributed by atoms with Crippen molar-refractivity contribution >= 4 is 11.9 Å². The van der Waals surface area contributed by atoms with E-state index >= 15 is 0 Å². The average Bonchev–Trinajstić information content (AvgIpc) is 2.16. The molecule has 0 unspecified atom stereocenters. The Morgan fingerprint density at radius 1 is 1.20 bits per heavy atom. The second-order valence-electron chi connectivity index (χ2n) is 3.35. The summed E-state index contributed by atoms with van der Waals surface area (Å²) in [5.41, 5.74) is 0. The Morgan fingerprint density at radius 3 is 2.33 bits per heavy atom. The van der Waals surface area contributed by atoms with Gasteiger partial charge in [-0.15, -0.1) is 0 Å². The molecule has 88 valence electrons. The molecular formula is C11H20O4. The lowest BCUT2D eigenvalue weighted by Gasteiger charge is -2.14. The average molecular weight is 216 g/mol. The van der Waals surface area contributed by atoms with Crippen LogP contribution < -0.4 is 0 Å². The smallest absolute Gasteiger partial charge is 0.347 e. The number of hydrogen-bond donors (Lipinski definition) is 0. The number of rotatable bonds is 7. The van der Waals surface area contributed by atoms with E-state index in [0.29, 0.717) is 13.0 Å². The van der Waals surface area contributed by atoms with Crippen molar-refractivity contribution in [3.63, 3.8) is 0 Å². The summed E-state index contributed by atoms with van der Waals surface area (Å²) in [5, 5.41) is 0. The van der Waals surface area contributed by atoms with Crippen molar-refractivity contribution in [1.82, 2.24) is 0 Å². The van der Waals surface area contributed by atoms with Gasteiger partial charge >= 0.3 is 11.9 Å². The maximum atomic E-state index is 11.4. The molecule has 0 aromatic heterocycles. The first-order valence-electron chi connectivity index (χ1n) is 5.45. The van der Waals surface area contributed by atoms with Gasteiger partial charge in [0.25, 0.3) is 0 Å². The van der Waals surface area contributed by atoms with Crippen LogP contribution in [0, 0.1) is 0 Å². The summed E-state index contributed by atoms with van der Waals surface area (Å²) in [6.45, 7) is 5.41. The third-order valence-corrected chi connectivity index (χ3v) is 1.93. The maximum Gasteiger partial charge on any atom is 0.347 e. The van der Waals surface area contributed by atoms with E-state index in [0.717, 1.165) is 19.3 Å². The van der Waals surface area contributed by atoms with Crippen LogP contribution in [-0.4, -0.2) is 24.6 Å². The topological polar surface area (TPSA) is 52.6 Å². The zero-order valence-corrected chi connectivity index (χ0v) is 9.75. The van der Waals surface area contributed by atoms with Crippen molar-refractivity contribution in [2.45, 2.75) is 52.6 Å². The molecule has 0 fully saturated rings. The molecule has 0 aromatic carbocycles. The van der Waals surface area contributed by atoms with Crippen molar-refractivity contribution in [3.8, 4) is 0 Å². The molecule has 0 bridgehead atoms. The van der Waals surface area contributed by atoms with Crippen molar-refractivity contribution < 1.29 is 19.1 Å². The van der Waals surface area contributed by atoms with Crippen LogP contribution in [0.5, 0.6) is 0 Å². The fourth-order valence-electron chi connectivity index (χ4n) is 1.24. The summed E-state index contributed by atoms with van der Waals surface area (Å²) in [4.78, 5) is 22.1. The molecule has 0 rings (SSSR count). The molecule has 4 nitrogen and oxygen atoms in total. The minimum Gasteiger partial charge on any atom is -0.463 e. The van der Waals surface area contributed by atoms with Gasteiger partial charge in [-0.3, -0.25) is 4.79 Å². The molecule has 0 aliphatic heterocycles. The zero-order chi connectivity index (χ0) is 11.7. The van der Waals surface area contributed by atoms with Gasteiger partial charge in [-0.1, -0.05) is 19.8 Å². The Bertz CT molecular complexity index is 201. The van der Waals surface area contributed by atoms with Gasteiger partial charge in [0.2, 0.25) is 0 Å². The molecule has 0 aliphatic carbocycles. The summed E-state index contributed by atoms with van der Waals surface area (Å²) in [6, 6.07) is 0. The van der Waals surface area contributed by atoms with E-state index in [1.807, 2.05) is 0 Å². The number of carbonyl (C=O) groups excluding carboxylic acids is 2. The molecule has 1 atom stereocenters.